The number of ether oxygens (including phenoxy) is 2. The zero-order valence-electron chi connectivity index (χ0n) is 16.8. The molecular formula is C21H29N3O5. The Morgan fingerprint density at radius 2 is 2.00 bits per heavy atom. The molecule has 1 atom stereocenters. The number of nitrogens with zero attached hydrogens (tertiary/aromatic N) is 2. The van der Waals surface area contributed by atoms with E-state index in [0.717, 1.165) is 26.1 Å². The molecule has 1 aromatic rings. The summed E-state index contributed by atoms with van der Waals surface area (Å²) in [5, 5.41) is 12.6. The molecule has 0 saturated carbocycles. The lowest BCUT2D eigenvalue weighted by atomic mass is 9.90. The monoisotopic (exact) mass is 403 g/mol. The first-order chi connectivity index (χ1) is 14.0. The van der Waals surface area contributed by atoms with Gasteiger partial charge in [-0.15, -0.1) is 0 Å². The molecule has 2 N–H and O–H groups in total. The zero-order chi connectivity index (χ0) is 20.4. The number of carbonyl (C=O) groups excluding carboxylic acids is 2. The van der Waals surface area contributed by atoms with Gasteiger partial charge in [-0.2, -0.15) is 0 Å². The minimum Gasteiger partial charge on any atom is -0.508 e. The number of amides is 2. The number of hydrogen-bond acceptors (Lipinski definition) is 6. The van der Waals surface area contributed by atoms with Gasteiger partial charge in [-0.25, -0.2) is 0 Å². The first-order valence-corrected chi connectivity index (χ1v) is 10.2. The van der Waals surface area contributed by atoms with E-state index in [1.807, 2.05) is 11.9 Å². The predicted octanol–water partition coefficient (Wildman–Crippen LogP) is 0.460. The van der Waals surface area contributed by atoms with E-state index in [0.29, 0.717) is 44.3 Å². The molecule has 0 aliphatic carbocycles. The molecule has 8 nitrogen and oxygen atoms in total. The largest absolute Gasteiger partial charge is 0.508 e. The van der Waals surface area contributed by atoms with E-state index < -0.39 is 5.60 Å². The second-order valence-electron chi connectivity index (χ2n) is 8.44. The molecule has 3 aliphatic heterocycles. The molecule has 3 fully saturated rings. The molecule has 0 radical (unpaired) electrons. The highest BCUT2D eigenvalue weighted by molar-refractivity contribution is 5.95. The number of hydrogen-bond donors (Lipinski definition) is 2. The number of phenols is 1. The van der Waals surface area contributed by atoms with Crippen molar-refractivity contribution in [2.75, 3.05) is 53.0 Å². The highest BCUT2D eigenvalue weighted by Gasteiger charge is 2.51. The molecule has 8 heteroatoms. The summed E-state index contributed by atoms with van der Waals surface area (Å²) in [4.78, 5) is 28.9. The van der Waals surface area contributed by atoms with E-state index in [4.69, 9.17) is 9.47 Å². The molecule has 2 amide bonds. The fourth-order valence-corrected chi connectivity index (χ4v) is 4.39. The normalized spacial score (nSPS) is 24.9. The van der Waals surface area contributed by atoms with Crippen LogP contribution < -0.4 is 5.32 Å². The highest BCUT2D eigenvalue weighted by atomic mass is 16.5. The molecule has 0 unspecified atom stereocenters. The molecule has 3 aliphatic rings. The van der Waals surface area contributed by atoms with E-state index in [9.17, 15) is 14.7 Å². The Kier molecular flexibility index (Phi) is 5.76. The number of morpholine rings is 1. The summed E-state index contributed by atoms with van der Waals surface area (Å²) in [5.74, 6) is 0.446. The lowest BCUT2D eigenvalue weighted by Gasteiger charge is -2.54. The van der Waals surface area contributed by atoms with Gasteiger partial charge < -0.3 is 24.8 Å². The van der Waals surface area contributed by atoms with Crippen LogP contribution in [0.1, 0.15) is 23.2 Å². The van der Waals surface area contributed by atoms with Crippen LogP contribution in [-0.4, -0.2) is 91.4 Å². The lowest BCUT2D eigenvalue weighted by Crippen LogP contribution is -2.73. The Hall–Kier alpha value is -2.16. The molecule has 4 rings (SSSR count). The first kappa shape index (κ1) is 20.1. The van der Waals surface area contributed by atoms with Gasteiger partial charge in [0, 0.05) is 31.9 Å². The number of likely N-dealkylation sites (tertiary alicyclic amines) is 1. The van der Waals surface area contributed by atoms with E-state index in [1.54, 1.807) is 23.1 Å². The number of benzene rings is 1. The molecule has 1 aromatic carbocycles. The third kappa shape index (κ3) is 4.39. The summed E-state index contributed by atoms with van der Waals surface area (Å²) in [6.07, 6.45) is 1.98. The van der Waals surface area contributed by atoms with E-state index in [2.05, 4.69) is 5.32 Å². The number of phenolic OH excluding ortho intramolecular Hbond substituents is 1. The summed E-state index contributed by atoms with van der Waals surface area (Å²) in [6, 6.07) is 6.06. The Labute approximate surface area is 170 Å². The summed E-state index contributed by atoms with van der Waals surface area (Å²) in [7, 11) is 1.93. The maximum atomic E-state index is 12.6. The van der Waals surface area contributed by atoms with E-state index >= 15 is 0 Å². The summed E-state index contributed by atoms with van der Waals surface area (Å²) in [5.41, 5.74) is 0.0491. The van der Waals surface area contributed by atoms with Crippen molar-refractivity contribution < 1.29 is 24.2 Å². The van der Waals surface area contributed by atoms with Gasteiger partial charge >= 0.3 is 0 Å². The average Bonchev–Trinajstić information content (AvgIpc) is 2.70. The Morgan fingerprint density at radius 3 is 2.69 bits per heavy atom. The van der Waals surface area contributed by atoms with Gasteiger partial charge in [-0.05, 0) is 44.0 Å². The Bertz CT molecular complexity index is 758. The Morgan fingerprint density at radius 1 is 1.24 bits per heavy atom. The van der Waals surface area contributed by atoms with Crippen molar-refractivity contribution in [3.05, 3.63) is 29.8 Å². The molecule has 0 bridgehead atoms. The standard InChI is InChI=1S/C21H29N3O5/c1-23-12-21(13-24(14-21)20(27)16-3-2-4-17(25)9-16)29-11-18(23)19(26)22-10-15-5-7-28-8-6-15/h2-4,9,15,18,25H,5-8,10-14H2,1H3,(H,22,26)/t18-/m0/s1. The fraction of sp³-hybridized carbons (Fsp3) is 0.619. The van der Waals surface area contributed by atoms with Crippen molar-refractivity contribution in [3.8, 4) is 5.75 Å². The van der Waals surface area contributed by atoms with Gasteiger partial charge in [-0.3, -0.25) is 14.5 Å². The van der Waals surface area contributed by atoms with Gasteiger partial charge in [0.1, 0.15) is 17.4 Å². The van der Waals surface area contributed by atoms with Crippen LogP contribution in [-0.2, 0) is 14.3 Å². The van der Waals surface area contributed by atoms with E-state index in [1.165, 1.54) is 6.07 Å². The van der Waals surface area contributed by atoms with Crippen LogP contribution in [0.25, 0.3) is 0 Å². The van der Waals surface area contributed by atoms with Crippen molar-refractivity contribution in [2.24, 2.45) is 5.92 Å². The van der Waals surface area contributed by atoms with Crippen molar-refractivity contribution in [1.82, 2.24) is 15.1 Å². The van der Waals surface area contributed by atoms with Crippen LogP contribution in [0.4, 0.5) is 0 Å². The number of nitrogens with one attached hydrogen (secondary N) is 1. The molecule has 3 heterocycles. The zero-order valence-corrected chi connectivity index (χ0v) is 16.8. The van der Waals surface area contributed by atoms with Crippen LogP contribution in [0.5, 0.6) is 5.75 Å². The minimum absolute atomic E-state index is 0.000795. The van der Waals surface area contributed by atoms with Crippen LogP contribution in [0.2, 0.25) is 0 Å². The Balaban J connectivity index is 1.26. The quantitative estimate of drug-likeness (QED) is 0.759. The topological polar surface area (TPSA) is 91.3 Å². The van der Waals surface area contributed by atoms with Gasteiger partial charge in [0.05, 0.1) is 19.7 Å². The summed E-state index contributed by atoms with van der Waals surface area (Å²) >= 11 is 0. The smallest absolute Gasteiger partial charge is 0.254 e. The van der Waals surface area contributed by atoms with E-state index in [-0.39, 0.29) is 23.6 Å². The lowest BCUT2D eigenvalue weighted by molar-refractivity contribution is -0.187. The van der Waals surface area contributed by atoms with Crippen LogP contribution >= 0.6 is 0 Å². The third-order valence-electron chi connectivity index (χ3n) is 6.16. The van der Waals surface area contributed by atoms with Crippen molar-refractivity contribution in [2.45, 2.75) is 24.5 Å². The molecule has 3 saturated heterocycles. The van der Waals surface area contributed by atoms with Crippen LogP contribution in [0.3, 0.4) is 0 Å². The fourth-order valence-electron chi connectivity index (χ4n) is 4.39. The average molecular weight is 403 g/mol. The number of likely N-dealkylation sites (N-methyl/N-ethyl adjacent to an activating group) is 1. The number of carbonyl (C=O) groups is 2. The maximum Gasteiger partial charge on any atom is 0.254 e. The van der Waals surface area contributed by atoms with Crippen molar-refractivity contribution in [1.29, 1.82) is 0 Å². The van der Waals surface area contributed by atoms with Gasteiger partial charge in [0.2, 0.25) is 5.91 Å². The third-order valence-corrected chi connectivity index (χ3v) is 6.16. The number of rotatable bonds is 4. The highest BCUT2D eigenvalue weighted by Crippen LogP contribution is 2.32. The molecule has 29 heavy (non-hydrogen) atoms. The predicted molar refractivity (Wildman–Crippen MR) is 106 cm³/mol. The molecular weight excluding hydrogens is 374 g/mol. The molecule has 1 spiro atoms. The van der Waals surface area contributed by atoms with Gasteiger partial charge in [-0.1, -0.05) is 6.07 Å². The second-order valence-corrected chi connectivity index (χ2v) is 8.44. The summed E-state index contributed by atoms with van der Waals surface area (Å²) in [6.45, 7) is 4.13. The number of aromatic hydroxyl groups is 1. The van der Waals surface area contributed by atoms with Gasteiger partial charge in [0.25, 0.3) is 5.91 Å². The molecule has 158 valence electrons. The molecule has 0 aromatic heterocycles. The van der Waals surface area contributed by atoms with Crippen LogP contribution in [0.15, 0.2) is 24.3 Å². The van der Waals surface area contributed by atoms with Gasteiger partial charge in [0.15, 0.2) is 0 Å². The van der Waals surface area contributed by atoms with Crippen molar-refractivity contribution >= 4 is 11.8 Å². The maximum absolute atomic E-state index is 12.6. The second kappa shape index (κ2) is 8.30. The SMILES string of the molecule is CN1CC2(CN(C(=O)c3cccc(O)c3)C2)OC[C@H]1C(=O)NCC1CCOCC1. The minimum atomic E-state index is -0.418. The van der Waals surface area contributed by atoms with Crippen LogP contribution in [0, 0.1) is 5.92 Å². The summed E-state index contributed by atoms with van der Waals surface area (Å²) < 4.78 is 11.4. The van der Waals surface area contributed by atoms with Crippen molar-refractivity contribution in [3.63, 3.8) is 0 Å². The first-order valence-electron chi connectivity index (χ1n) is 10.2.